The van der Waals surface area contributed by atoms with Gasteiger partial charge in [0.2, 0.25) is 0 Å². The summed E-state index contributed by atoms with van der Waals surface area (Å²) < 4.78 is 3.03. The van der Waals surface area contributed by atoms with Gasteiger partial charge in [-0.15, -0.1) is 0 Å². The molecule has 1 rings (SSSR count). The second kappa shape index (κ2) is 6.18. The molecule has 0 amide bonds. The molecule has 0 aromatic heterocycles. The van der Waals surface area contributed by atoms with E-state index in [1.54, 1.807) is 5.56 Å². The Bertz CT molecular complexity index is 294. The van der Waals surface area contributed by atoms with Gasteiger partial charge in [0.05, 0.1) is 0 Å². The molecular formula is C12H22DyPSi. The van der Waals surface area contributed by atoms with Gasteiger partial charge in [-0.05, 0) is 0 Å². The Morgan fingerprint density at radius 2 is 1.67 bits per heavy atom. The molecule has 0 aliphatic rings. The van der Waals surface area contributed by atoms with E-state index in [-0.39, 0.29) is 0 Å². The summed E-state index contributed by atoms with van der Waals surface area (Å²) in [6.07, 6.45) is 0. The molecule has 0 saturated heterocycles. The zero-order valence-electron chi connectivity index (χ0n) is 10.3. The van der Waals surface area contributed by atoms with Gasteiger partial charge >= 0.3 is 109 Å². The maximum atomic E-state index is 2.59. The first-order chi connectivity index (χ1) is 6.91. The van der Waals surface area contributed by atoms with Gasteiger partial charge in [-0.2, -0.15) is 0 Å². The zero-order valence-corrected chi connectivity index (χ0v) is 14.3. The summed E-state index contributed by atoms with van der Waals surface area (Å²) in [7, 11) is 0. The van der Waals surface area contributed by atoms with Crippen LogP contribution in [0.15, 0.2) is 30.3 Å². The van der Waals surface area contributed by atoms with Crippen molar-refractivity contribution in [3.63, 3.8) is 0 Å². The van der Waals surface area contributed by atoms with Crippen molar-refractivity contribution in [2.75, 3.05) is 0 Å². The Labute approximate surface area is 107 Å². The van der Waals surface area contributed by atoms with Crippen molar-refractivity contribution in [1.29, 1.82) is 0 Å². The normalized spacial score (nSPS) is 15.7. The number of benzene rings is 1. The van der Waals surface area contributed by atoms with Crippen LogP contribution in [-0.2, 0) is 0 Å². The molecule has 1 aromatic rings. The number of rotatable bonds is 4. The molecule has 0 fully saturated rings. The molecule has 2 atom stereocenters. The van der Waals surface area contributed by atoms with Crippen LogP contribution in [-0.4, -0.2) is 3.14 Å². The zero-order chi connectivity index (χ0) is 11.5. The first-order valence-electron chi connectivity index (χ1n) is 5.20. The van der Waals surface area contributed by atoms with Gasteiger partial charge in [0, 0.05) is 0 Å². The minimum absolute atomic E-state index is 0.635. The third-order valence-corrected chi connectivity index (χ3v) is 36.1. The molecule has 89 valence electrons. The van der Waals surface area contributed by atoms with E-state index in [0.717, 1.165) is 5.66 Å². The fourth-order valence-corrected chi connectivity index (χ4v) is 18.9. The predicted octanol–water partition coefficient (Wildman–Crippen LogP) is 4.84. The first kappa shape index (κ1) is 14.2. The van der Waals surface area contributed by atoms with E-state index in [4.69, 9.17) is 0 Å². The van der Waals surface area contributed by atoms with Crippen molar-refractivity contribution in [3.8, 4) is 0 Å². The minimum atomic E-state index is -0.787. The first-order valence-corrected chi connectivity index (χ1v) is 17.5. The van der Waals surface area contributed by atoms with Crippen LogP contribution in [0.4, 0.5) is 0 Å². The molecule has 0 aliphatic heterocycles. The van der Waals surface area contributed by atoms with Gasteiger partial charge in [-0.25, -0.2) is 0 Å². The summed E-state index contributed by atoms with van der Waals surface area (Å²) in [6, 6.07) is 11.0. The SMILES string of the molecule is CC([PH][Dy]([CH3])[Si](C)(C)C)c1ccccc1. The van der Waals surface area contributed by atoms with Gasteiger partial charge in [-0.3, -0.25) is 0 Å². The van der Waals surface area contributed by atoms with E-state index in [2.05, 4.69) is 59.9 Å². The van der Waals surface area contributed by atoms with Crippen LogP contribution in [0.3, 0.4) is 0 Å². The van der Waals surface area contributed by atoms with E-state index >= 15 is 0 Å². The molecule has 0 heterocycles. The van der Waals surface area contributed by atoms with E-state index < -0.39 is 33.6 Å². The van der Waals surface area contributed by atoms with Crippen molar-refractivity contribution >= 4 is 7.06 Å². The number of hydrogen-bond donors (Lipinski definition) is 0. The van der Waals surface area contributed by atoms with Crippen LogP contribution in [0, 0.1) is 30.5 Å². The predicted molar refractivity (Wildman–Crippen MR) is 72.4 cm³/mol. The second-order valence-corrected chi connectivity index (χ2v) is 32.4. The van der Waals surface area contributed by atoms with Gasteiger partial charge in [0.1, 0.15) is 0 Å². The average Bonchev–Trinajstić information content (AvgIpc) is 2.17. The molecule has 15 heavy (non-hydrogen) atoms. The van der Waals surface area contributed by atoms with Crippen LogP contribution in [0.2, 0.25) is 22.6 Å². The fourth-order valence-electron chi connectivity index (χ4n) is 1.14. The average molecular weight is 388 g/mol. The molecule has 0 bridgehead atoms. The van der Waals surface area contributed by atoms with Gasteiger partial charge in [0.25, 0.3) is 0 Å². The molecule has 0 N–H and O–H groups in total. The van der Waals surface area contributed by atoms with Crippen LogP contribution in [0.5, 0.6) is 0 Å². The summed E-state index contributed by atoms with van der Waals surface area (Å²) in [5.74, 6) is 0. The van der Waals surface area contributed by atoms with Crippen LogP contribution in [0.25, 0.3) is 0 Å². The van der Waals surface area contributed by atoms with Crippen molar-refractivity contribution in [2.45, 2.75) is 35.2 Å². The van der Waals surface area contributed by atoms with Gasteiger partial charge < -0.3 is 0 Å². The van der Waals surface area contributed by atoms with Crippen LogP contribution in [0.1, 0.15) is 18.1 Å². The maximum absolute atomic E-state index is 2.59. The fraction of sp³-hybridized carbons (Fsp3) is 0.500. The van der Waals surface area contributed by atoms with E-state index in [1.807, 2.05) is 0 Å². The Balaban J connectivity index is 2.61. The molecular weight excluding hydrogens is 366 g/mol. The third-order valence-electron chi connectivity index (χ3n) is 2.28. The Morgan fingerprint density at radius 3 is 2.13 bits per heavy atom. The molecule has 0 nitrogen and oxygen atoms in total. The molecule has 0 saturated carbocycles. The summed E-state index contributed by atoms with van der Waals surface area (Å²) in [6.45, 7) is 10.0. The topological polar surface area (TPSA) is 0 Å². The molecule has 0 spiro atoms. The van der Waals surface area contributed by atoms with Crippen molar-refractivity contribution < 1.29 is 30.5 Å². The number of hydrogen-bond acceptors (Lipinski definition) is 0. The summed E-state index contributed by atoms with van der Waals surface area (Å²) >= 11 is -0.635. The van der Waals surface area contributed by atoms with Crippen molar-refractivity contribution in [3.05, 3.63) is 35.9 Å². The molecule has 3 heteroatoms. The monoisotopic (exact) mass is 389 g/mol. The second-order valence-electron chi connectivity index (χ2n) is 4.59. The van der Waals surface area contributed by atoms with Crippen LogP contribution < -0.4 is 0 Å². The van der Waals surface area contributed by atoms with E-state index in [9.17, 15) is 0 Å². The quantitative estimate of drug-likeness (QED) is 0.512. The van der Waals surface area contributed by atoms with E-state index in [0.29, 0.717) is 0 Å². The molecule has 0 radical (unpaired) electrons. The van der Waals surface area contributed by atoms with E-state index in [1.165, 1.54) is 3.92 Å². The van der Waals surface area contributed by atoms with Crippen molar-refractivity contribution in [2.24, 2.45) is 0 Å². The summed E-state index contributed by atoms with van der Waals surface area (Å²) in [4.78, 5) is 0. The third kappa shape index (κ3) is 4.88. The standard InChI is InChI=1S/C8H10P.C3H9Si.CH3.Dy/c1-7(9)8-5-3-2-4-6-8;1-4(2)3;;/h2-7,9H,1H3;1-3H3;1H3;/q-1;;;+1. The molecule has 1 aromatic carbocycles. The Morgan fingerprint density at radius 1 is 1.13 bits per heavy atom. The van der Waals surface area contributed by atoms with Gasteiger partial charge in [-0.1, -0.05) is 0 Å². The van der Waals surface area contributed by atoms with Crippen LogP contribution >= 0.6 is 3.92 Å². The molecule has 2 unspecified atom stereocenters. The van der Waals surface area contributed by atoms with Gasteiger partial charge in [0.15, 0.2) is 0 Å². The Kier molecular flexibility index (Phi) is 5.85. The summed E-state index contributed by atoms with van der Waals surface area (Å²) in [5.41, 5.74) is 2.34. The van der Waals surface area contributed by atoms with Crippen molar-refractivity contribution in [1.82, 2.24) is 0 Å². The Hall–Kier alpha value is 1.14. The molecule has 0 aliphatic carbocycles. The summed E-state index contributed by atoms with van der Waals surface area (Å²) in [5, 5.41) is 0.